The number of anilines is 1. The van der Waals surface area contributed by atoms with Gasteiger partial charge in [0.25, 0.3) is 5.69 Å². The Labute approximate surface area is 120 Å². The third-order valence-electron chi connectivity index (χ3n) is 3.52. The predicted octanol–water partition coefficient (Wildman–Crippen LogP) is 2.20. The van der Waals surface area contributed by atoms with Crippen LogP contribution in [0.1, 0.15) is 12.8 Å². The normalized spacial score (nSPS) is 14.1. The number of aromatic nitrogens is 1. The Morgan fingerprint density at radius 3 is 2.81 bits per heavy atom. The number of benzene rings is 1. The van der Waals surface area contributed by atoms with Crippen LogP contribution in [0.5, 0.6) is 0 Å². The smallest absolute Gasteiger partial charge is 0.323 e. The molecular weight excluding hydrogens is 274 g/mol. The van der Waals surface area contributed by atoms with Gasteiger partial charge in [-0.15, -0.1) is 0 Å². The van der Waals surface area contributed by atoms with Gasteiger partial charge >= 0.3 is 5.97 Å². The number of nitrogens with zero attached hydrogens (tertiary/aromatic N) is 3. The van der Waals surface area contributed by atoms with E-state index in [0.717, 1.165) is 12.8 Å². The molecular formula is C14H13N3O4. The summed E-state index contributed by atoms with van der Waals surface area (Å²) in [6.07, 6.45) is 3.42. The molecule has 0 spiro atoms. The number of aliphatic carboxylic acids is 1. The van der Waals surface area contributed by atoms with Crippen LogP contribution < -0.4 is 4.90 Å². The van der Waals surface area contributed by atoms with Crippen molar-refractivity contribution in [2.24, 2.45) is 0 Å². The van der Waals surface area contributed by atoms with Gasteiger partial charge in [-0.1, -0.05) is 0 Å². The lowest BCUT2D eigenvalue weighted by Crippen LogP contribution is -2.32. The maximum Gasteiger partial charge on any atom is 0.323 e. The topological polar surface area (TPSA) is 96.6 Å². The number of hydrogen-bond acceptors (Lipinski definition) is 5. The number of carboxylic acid groups (broad SMARTS) is 1. The van der Waals surface area contributed by atoms with Crippen molar-refractivity contribution in [1.29, 1.82) is 0 Å². The van der Waals surface area contributed by atoms with Crippen LogP contribution in [0.3, 0.4) is 0 Å². The van der Waals surface area contributed by atoms with Crippen molar-refractivity contribution in [3.63, 3.8) is 0 Å². The van der Waals surface area contributed by atoms with E-state index in [1.165, 1.54) is 6.07 Å². The summed E-state index contributed by atoms with van der Waals surface area (Å²) in [5.74, 6) is -0.927. The van der Waals surface area contributed by atoms with Gasteiger partial charge < -0.3 is 10.0 Å². The van der Waals surface area contributed by atoms with E-state index in [1.54, 1.807) is 29.3 Å². The van der Waals surface area contributed by atoms with E-state index < -0.39 is 10.9 Å². The zero-order valence-electron chi connectivity index (χ0n) is 11.1. The van der Waals surface area contributed by atoms with Gasteiger partial charge in [0.2, 0.25) is 0 Å². The van der Waals surface area contributed by atoms with Gasteiger partial charge in [0.05, 0.1) is 16.0 Å². The van der Waals surface area contributed by atoms with Crippen molar-refractivity contribution in [2.75, 3.05) is 11.4 Å². The van der Waals surface area contributed by atoms with Crippen LogP contribution in [0, 0.1) is 10.1 Å². The summed E-state index contributed by atoms with van der Waals surface area (Å²) in [6.45, 7) is -0.131. The number of carboxylic acids is 1. The highest BCUT2D eigenvalue weighted by Gasteiger charge is 2.32. The van der Waals surface area contributed by atoms with Crippen LogP contribution in [0.15, 0.2) is 30.5 Å². The molecule has 0 amide bonds. The second kappa shape index (κ2) is 5.01. The molecule has 1 aliphatic rings. The summed E-state index contributed by atoms with van der Waals surface area (Å²) >= 11 is 0. The zero-order valence-corrected chi connectivity index (χ0v) is 11.1. The van der Waals surface area contributed by atoms with E-state index in [9.17, 15) is 14.9 Å². The van der Waals surface area contributed by atoms with Crippen molar-refractivity contribution >= 4 is 28.2 Å². The van der Waals surface area contributed by atoms with Crippen molar-refractivity contribution < 1.29 is 14.8 Å². The molecule has 0 saturated heterocycles. The van der Waals surface area contributed by atoms with Crippen LogP contribution >= 0.6 is 0 Å². The molecule has 1 heterocycles. The summed E-state index contributed by atoms with van der Waals surface area (Å²) < 4.78 is 0. The second-order valence-electron chi connectivity index (χ2n) is 5.01. The average Bonchev–Trinajstić information content (AvgIpc) is 3.28. The summed E-state index contributed by atoms with van der Waals surface area (Å²) in [6, 6.07) is 6.45. The van der Waals surface area contributed by atoms with Crippen molar-refractivity contribution in [3.05, 3.63) is 40.6 Å². The van der Waals surface area contributed by atoms with E-state index in [1.807, 2.05) is 0 Å². The highest BCUT2D eigenvalue weighted by molar-refractivity contribution is 5.98. The Morgan fingerprint density at radius 1 is 1.43 bits per heavy atom. The standard InChI is InChI=1S/C14H13N3O4/c18-13(19)8-16(9-3-4-9)12-6-5-11(17(20)21)10-2-1-7-15-14(10)12/h1-2,5-7,9H,3-4,8H2,(H,18,19). The summed E-state index contributed by atoms with van der Waals surface area (Å²) in [5, 5.41) is 20.6. The Balaban J connectivity index is 2.16. The number of pyridine rings is 1. The molecule has 3 rings (SSSR count). The quantitative estimate of drug-likeness (QED) is 0.669. The number of carbonyl (C=O) groups is 1. The lowest BCUT2D eigenvalue weighted by Gasteiger charge is -2.23. The van der Waals surface area contributed by atoms with E-state index in [2.05, 4.69) is 4.98 Å². The fourth-order valence-electron chi connectivity index (χ4n) is 2.48. The first kappa shape index (κ1) is 13.3. The van der Waals surface area contributed by atoms with Gasteiger partial charge in [-0.2, -0.15) is 0 Å². The lowest BCUT2D eigenvalue weighted by atomic mass is 10.1. The fraction of sp³-hybridized carbons (Fsp3) is 0.286. The minimum Gasteiger partial charge on any atom is -0.480 e. The van der Waals surface area contributed by atoms with E-state index >= 15 is 0 Å². The molecule has 0 atom stereocenters. The summed E-state index contributed by atoms with van der Waals surface area (Å²) in [7, 11) is 0. The fourth-order valence-corrected chi connectivity index (χ4v) is 2.48. The molecule has 0 unspecified atom stereocenters. The minimum atomic E-state index is -0.927. The first-order chi connectivity index (χ1) is 10.1. The molecule has 2 aromatic rings. The molecule has 7 heteroatoms. The summed E-state index contributed by atoms with van der Waals surface area (Å²) in [4.78, 5) is 27.7. The van der Waals surface area contributed by atoms with Crippen LogP contribution in [-0.2, 0) is 4.79 Å². The Hall–Kier alpha value is -2.70. The molecule has 108 valence electrons. The Kier molecular flexibility index (Phi) is 3.17. The molecule has 1 fully saturated rings. The van der Waals surface area contributed by atoms with E-state index in [-0.39, 0.29) is 18.3 Å². The maximum atomic E-state index is 11.1. The van der Waals surface area contributed by atoms with Crippen molar-refractivity contribution in [2.45, 2.75) is 18.9 Å². The lowest BCUT2D eigenvalue weighted by molar-refractivity contribution is -0.383. The molecule has 0 radical (unpaired) electrons. The molecule has 1 N–H and O–H groups in total. The molecule has 0 bridgehead atoms. The first-order valence-electron chi connectivity index (χ1n) is 6.58. The number of non-ortho nitro benzene ring substituents is 1. The monoisotopic (exact) mass is 287 g/mol. The van der Waals surface area contributed by atoms with Crippen molar-refractivity contribution in [1.82, 2.24) is 4.98 Å². The first-order valence-corrected chi connectivity index (χ1v) is 6.58. The third kappa shape index (κ3) is 2.49. The molecule has 0 aliphatic heterocycles. The number of nitro groups is 1. The molecule has 21 heavy (non-hydrogen) atoms. The molecule has 1 aromatic heterocycles. The van der Waals surface area contributed by atoms with E-state index in [0.29, 0.717) is 16.6 Å². The van der Waals surface area contributed by atoms with Crippen molar-refractivity contribution in [3.8, 4) is 0 Å². The molecule has 1 aromatic carbocycles. The van der Waals surface area contributed by atoms with Gasteiger partial charge in [-0.3, -0.25) is 19.9 Å². The maximum absolute atomic E-state index is 11.1. The van der Waals surface area contributed by atoms with Gasteiger partial charge in [0, 0.05) is 18.3 Å². The Bertz CT molecular complexity index is 727. The van der Waals surface area contributed by atoms with Gasteiger partial charge in [0.15, 0.2) is 0 Å². The summed E-state index contributed by atoms with van der Waals surface area (Å²) in [5.41, 5.74) is 1.09. The molecule has 1 aliphatic carbocycles. The minimum absolute atomic E-state index is 0.0204. The number of nitro benzene ring substituents is 1. The zero-order chi connectivity index (χ0) is 15.0. The van der Waals surface area contributed by atoms with Crippen LogP contribution in [0.4, 0.5) is 11.4 Å². The average molecular weight is 287 g/mol. The predicted molar refractivity (Wildman–Crippen MR) is 76.4 cm³/mol. The SMILES string of the molecule is O=C(O)CN(c1ccc([N+](=O)[O-])c2cccnc12)C1CC1. The van der Waals surface area contributed by atoms with E-state index in [4.69, 9.17) is 5.11 Å². The van der Waals surface area contributed by atoms with Gasteiger partial charge in [-0.05, 0) is 31.0 Å². The Morgan fingerprint density at radius 2 is 2.19 bits per heavy atom. The van der Waals surface area contributed by atoms with Crippen LogP contribution in [0.2, 0.25) is 0 Å². The highest BCUT2D eigenvalue weighted by Crippen LogP contribution is 2.37. The van der Waals surface area contributed by atoms with Crippen LogP contribution in [0.25, 0.3) is 10.9 Å². The second-order valence-corrected chi connectivity index (χ2v) is 5.01. The number of fused-ring (bicyclic) bond motifs is 1. The molecule has 1 saturated carbocycles. The van der Waals surface area contributed by atoms with Gasteiger partial charge in [0.1, 0.15) is 12.1 Å². The third-order valence-corrected chi connectivity index (χ3v) is 3.52. The van der Waals surface area contributed by atoms with Gasteiger partial charge in [-0.25, -0.2) is 0 Å². The number of rotatable bonds is 5. The number of hydrogen-bond donors (Lipinski definition) is 1. The molecule has 7 nitrogen and oxygen atoms in total. The van der Waals surface area contributed by atoms with Crippen LogP contribution in [-0.4, -0.2) is 33.6 Å². The largest absolute Gasteiger partial charge is 0.480 e. The highest BCUT2D eigenvalue weighted by atomic mass is 16.6.